The van der Waals surface area contributed by atoms with Crippen LogP contribution in [0.25, 0.3) is 5.52 Å². The molecule has 0 unspecified atom stereocenters. The van der Waals surface area contributed by atoms with E-state index in [-0.39, 0.29) is 18.1 Å². The first-order valence-corrected chi connectivity index (χ1v) is 9.90. The van der Waals surface area contributed by atoms with E-state index in [0.29, 0.717) is 11.7 Å². The van der Waals surface area contributed by atoms with Crippen LogP contribution in [0.3, 0.4) is 0 Å². The van der Waals surface area contributed by atoms with E-state index in [1.165, 1.54) is 0 Å². The van der Waals surface area contributed by atoms with Crippen molar-refractivity contribution in [3.8, 4) is 0 Å². The number of anilines is 1. The summed E-state index contributed by atoms with van der Waals surface area (Å²) in [5.41, 5.74) is 1.95. The van der Waals surface area contributed by atoms with Gasteiger partial charge in [0.1, 0.15) is 5.15 Å². The first kappa shape index (κ1) is 18.5. The lowest BCUT2D eigenvalue weighted by Crippen LogP contribution is -2.55. The Balaban J connectivity index is 1.48. The molecular weight excluding hydrogens is 366 g/mol. The molecule has 2 aromatic rings. The molecule has 0 bridgehead atoms. The van der Waals surface area contributed by atoms with Crippen LogP contribution < -0.4 is 10.2 Å². The summed E-state index contributed by atoms with van der Waals surface area (Å²) in [5, 5.41) is 8.03. The fourth-order valence-corrected chi connectivity index (χ4v) is 4.18. The molecule has 146 valence electrons. The fourth-order valence-electron chi connectivity index (χ4n) is 3.98. The van der Waals surface area contributed by atoms with Gasteiger partial charge in [-0.3, -0.25) is 4.79 Å². The smallest absolute Gasteiger partial charge is 0.251 e. The Labute approximate surface area is 164 Å². The van der Waals surface area contributed by atoms with Crippen LogP contribution in [0.5, 0.6) is 0 Å². The Morgan fingerprint density at radius 1 is 1.26 bits per heavy atom. The Kier molecular flexibility index (Phi) is 5.25. The third kappa shape index (κ3) is 3.90. The monoisotopic (exact) mass is 391 g/mol. The van der Waals surface area contributed by atoms with E-state index in [0.717, 1.165) is 43.7 Å². The number of pyridine rings is 1. The van der Waals surface area contributed by atoms with Crippen LogP contribution in [0.4, 0.5) is 5.69 Å². The maximum Gasteiger partial charge on any atom is 0.251 e. The lowest BCUT2D eigenvalue weighted by Gasteiger charge is -2.38. The number of ether oxygens (including phenoxy) is 1. The van der Waals surface area contributed by atoms with Crippen LogP contribution in [0.2, 0.25) is 5.15 Å². The standard InChI is InChI=1S/C19H26ClN5O2/c1-13-11-24(15-3-4-18(20)25-16(15)5-8-21-25)12-17(27-13)19(26)22-14-6-9-23(2)10-7-14/h3-5,8,13-14,17H,6-7,9-12H2,1-2H3,(H,22,26)/t13-,17-/m1/s1. The largest absolute Gasteiger partial charge is 0.364 e. The molecule has 27 heavy (non-hydrogen) atoms. The molecule has 2 fully saturated rings. The van der Waals surface area contributed by atoms with E-state index in [4.69, 9.17) is 16.3 Å². The van der Waals surface area contributed by atoms with Gasteiger partial charge in [-0.2, -0.15) is 5.10 Å². The number of fused-ring (bicyclic) bond motifs is 1. The number of carbonyl (C=O) groups is 1. The molecule has 2 atom stereocenters. The molecule has 4 rings (SSSR count). The second kappa shape index (κ2) is 7.66. The van der Waals surface area contributed by atoms with Crippen molar-refractivity contribution in [1.29, 1.82) is 0 Å². The first-order chi connectivity index (χ1) is 13.0. The van der Waals surface area contributed by atoms with Crippen LogP contribution in [0.15, 0.2) is 24.4 Å². The van der Waals surface area contributed by atoms with Crippen molar-refractivity contribution in [2.75, 3.05) is 38.1 Å². The predicted octanol–water partition coefficient (Wildman–Crippen LogP) is 1.79. The average Bonchev–Trinajstić information content (AvgIpc) is 3.14. The van der Waals surface area contributed by atoms with E-state index in [1.54, 1.807) is 10.7 Å². The fraction of sp³-hybridized carbons (Fsp3) is 0.579. The molecule has 0 spiro atoms. The van der Waals surface area contributed by atoms with Crippen molar-refractivity contribution >= 4 is 28.7 Å². The molecule has 2 aliphatic heterocycles. The van der Waals surface area contributed by atoms with Crippen LogP contribution in [0, 0.1) is 0 Å². The highest BCUT2D eigenvalue weighted by atomic mass is 35.5. The normalized spacial score (nSPS) is 25.1. The van der Waals surface area contributed by atoms with Crippen molar-refractivity contribution in [3.05, 3.63) is 29.5 Å². The molecule has 8 heteroatoms. The van der Waals surface area contributed by atoms with E-state index < -0.39 is 6.10 Å². The number of nitrogens with zero attached hydrogens (tertiary/aromatic N) is 4. The maximum atomic E-state index is 12.8. The van der Waals surface area contributed by atoms with Gasteiger partial charge in [-0.1, -0.05) is 11.6 Å². The molecule has 0 aliphatic carbocycles. The van der Waals surface area contributed by atoms with Crippen LogP contribution in [0.1, 0.15) is 19.8 Å². The van der Waals surface area contributed by atoms with Gasteiger partial charge in [0.25, 0.3) is 5.91 Å². The number of likely N-dealkylation sites (tertiary alicyclic amines) is 1. The molecule has 2 saturated heterocycles. The molecule has 2 aromatic heterocycles. The Bertz CT molecular complexity index is 818. The Morgan fingerprint density at radius 3 is 2.81 bits per heavy atom. The number of piperidine rings is 1. The van der Waals surface area contributed by atoms with Crippen molar-refractivity contribution in [2.24, 2.45) is 0 Å². The van der Waals surface area contributed by atoms with Gasteiger partial charge >= 0.3 is 0 Å². The average molecular weight is 392 g/mol. The van der Waals surface area contributed by atoms with E-state index in [9.17, 15) is 4.79 Å². The van der Waals surface area contributed by atoms with Gasteiger partial charge in [0.2, 0.25) is 0 Å². The minimum absolute atomic E-state index is 0.0143. The molecule has 7 nitrogen and oxygen atoms in total. The molecule has 1 amide bonds. The van der Waals surface area contributed by atoms with Gasteiger partial charge in [-0.05, 0) is 58.1 Å². The van der Waals surface area contributed by atoms with Crippen LogP contribution in [-0.2, 0) is 9.53 Å². The van der Waals surface area contributed by atoms with Crippen LogP contribution >= 0.6 is 11.6 Å². The third-order valence-electron chi connectivity index (χ3n) is 5.44. The van der Waals surface area contributed by atoms with E-state index in [1.807, 2.05) is 25.1 Å². The highest BCUT2D eigenvalue weighted by Gasteiger charge is 2.32. The van der Waals surface area contributed by atoms with Crippen LogP contribution in [-0.4, -0.2) is 71.9 Å². The van der Waals surface area contributed by atoms with E-state index in [2.05, 4.69) is 27.3 Å². The van der Waals surface area contributed by atoms with Crippen molar-refractivity contribution in [1.82, 2.24) is 19.8 Å². The minimum Gasteiger partial charge on any atom is -0.364 e. The third-order valence-corrected chi connectivity index (χ3v) is 5.73. The summed E-state index contributed by atoms with van der Waals surface area (Å²) >= 11 is 6.23. The van der Waals surface area contributed by atoms with Gasteiger partial charge in [0.15, 0.2) is 6.10 Å². The molecule has 1 N–H and O–H groups in total. The van der Waals surface area contributed by atoms with Crippen molar-refractivity contribution in [2.45, 2.75) is 38.0 Å². The highest BCUT2D eigenvalue weighted by Crippen LogP contribution is 2.28. The topological polar surface area (TPSA) is 62.1 Å². The second-order valence-corrected chi connectivity index (χ2v) is 7.98. The Morgan fingerprint density at radius 2 is 2.04 bits per heavy atom. The molecule has 0 saturated carbocycles. The van der Waals surface area contributed by atoms with Gasteiger partial charge in [-0.15, -0.1) is 0 Å². The number of hydrogen-bond donors (Lipinski definition) is 1. The summed E-state index contributed by atoms with van der Waals surface area (Å²) in [5.74, 6) is -0.0143. The first-order valence-electron chi connectivity index (χ1n) is 9.53. The lowest BCUT2D eigenvalue weighted by molar-refractivity contribution is -0.138. The zero-order chi connectivity index (χ0) is 19.0. The van der Waals surface area contributed by atoms with Gasteiger partial charge < -0.3 is 19.9 Å². The SMILES string of the molecule is C[C@@H]1CN(c2ccc(Cl)n3nccc23)C[C@H](C(=O)NC2CCN(C)CC2)O1. The summed E-state index contributed by atoms with van der Waals surface area (Å²) in [4.78, 5) is 17.3. The zero-order valence-corrected chi connectivity index (χ0v) is 16.5. The maximum absolute atomic E-state index is 12.8. The summed E-state index contributed by atoms with van der Waals surface area (Å²) < 4.78 is 7.68. The zero-order valence-electron chi connectivity index (χ0n) is 15.8. The molecule has 0 aromatic carbocycles. The number of halogens is 1. The molecule has 2 aliphatic rings. The van der Waals surface area contributed by atoms with Crippen molar-refractivity contribution < 1.29 is 9.53 Å². The predicted molar refractivity (Wildman–Crippen MR) is 105 cm³/mol. The minimum atomic E-state index is -0.480. The summed E-state index contributed by atoms with van der Waals surface area (Å²) in [6.45, 7) is 5.28. The van der Waals surface area contributed by atoms with Gasteiger partial charge in [-0.25, -0.2) is 4.52 Å². The quantitative estimate of drug-likeness (QED) is 0.808. The Hall–Kier alpha value is -1.83. The van der Waals surface area contributed by atoms with Gasteiger partial charge in [0.05, 0.1) is 30.0 Å². The number of carbonyl (C=O) groups excluding carboxylic acids is 1. The number of rotatable bonds is 3. The molecular formula is C19H26ClN5O2. The number of hydrogen-bond acceptors (Lipinski definition) is 5. The number of amides is 1. The summed E-state index contributed by atoms with van der Waals surface area (Å²) in [6.07, 6.45) is 3.19. The number of nitrogens with one attached hydrogen (secondary N) is 1. The van der Waals surface area contributed by atoms with E-state index >= 15 is 0 Å². The number of morpholine rings is 1. The van der Waals surface area contributed by atoms with Gasteiger partial charge in [0, 0.05) is 12.6 Å². The summed E-state index contributed by atoms with van der Waals surface area (Å²) in [7, 11) is 2.12. The highest BCUT2D eigenvalue weighted by molar-refractivity contribution is 6.29. The molecule has 4 heterocycles. The second-order valence-electron chi connectivity index (χ2n) is 7.60. The van der Waals surface area contributed by atoms with Crippen molar-refractivity contribution in [3.63, 3.8) is 0 Å². The summed E-state index contributed by atoms with van der Waals surface area (Å²) in [6, 6.07) is 6.00. The molecule has 0 radical (unpaired) electrons. The lowest BCUT2D eigenvalue weighted by atomic mass is 10.0. The number of aromatic nitrogens is 2.